The largest absolute Gasteiger partial charge is 0.454 e. The number of nitrogens with one attached hydrogen (secondary N) is 1. The third-order valence-electron chi connectivity index (χ3n) is 3.59. The van der Waals surface area contributed by atoms with Crippen LogP contribution in [0.1, 0.15) is 45.5 Å². The van der Waals surface area contributed by atoms with E-state index in [1.54, 1.807) is 40.8 Å². The van der Waals surface area contributed by atoms with Gasteiger partial charge in [0, 0.05) is 36.9 Å². The van der Waals surface area contributed by atoms with Crippen molar-refractivity contribution in [1.82, 2.24) is 15.3 Å². The lowest BCUT2D eigenvalue weighted by atomic mass is 9.98. The van der Waals surface area contributed by atoms with Crippen LogP contribution < -0.4 is 11.1 Å². The SMILES string of the molecule is C/C(C(=O)NCc1cnc(C)nc1N)=C(\CCO)SCOC(=O)C(C)(C)C. The van der Waals surface area contributed by atoms with Gasteiger partial charge in [-0.3, -0.25) is 9.59 Å². The van der Waals surface area contributed by atoms with Gasteiger partial charge in [0.05, 0.1) is 5.41 Å². The minimum Gasteiger partial charge on any atom is -0.454 e. The molecule has 8 nitrogen and oxygen atoms in total. The smallest absolute Gasteiger partial charge is 0.312 e. The first-order valence-corrected chi connectivity index (χ1v) is 9.51. The number of amides is 1. The van der Waals surface area contributed by atoms with Gasteiger partial charge < -0.3 is 20.9 Å². The minimum atomic E-state index is -0.593. The molecule has 0 unspecified atom stereocenters. The molecule has 0 aliphatic heterocycles. The molecule has 1 heterocycles. The highest BCUT2D eigenvalue weighted by atomic mass is 32.2. The highest BCUT2D eigenvalue weighted by Crippen LogP contribution is 2.25. The lowest BCUT2D eigenvalue weighted by Gasteiger charge is -2.17. The molecule has 0 saturated heterocycles. The highest BCUT2D eigenvalue weighted by molar-refractivity contribution is 8.03. The molecule has 4 N–H and O–H groups in total. The van der Waals surface area contributed by atoms with Crippen LogP contribution in [0, 0.1) is 12.3 Å². The van der Waals surface area contributed by atoms with Gasteiger partial charge in [-0.1, -0.05) is 11.8 Å². The Bertz CT molecular complexity index is 714. The second kappa shape index (κ2) is 10.3. The van der Waals surface area contributed by atoms with Crippen molar-refractivity contribution in [1.29, 1.82) is 0 Å². The van der Waals surface area contributed by atoms with Gasteiger partial charge in [0.1, 0.15) is 17.6 Å². The average Bonchev–Trinajstić information content (AvgIpc) is 2.58. The highest BCUT2D eigenvalue weighted by Gasteiger charge is 2.23. The van der Waals surface area contributed by atoms with Crippen molar-refractivity contribution in [3.63, 3.8) is 0 Å². The molecule has 27 heavy (non-hydrogen) atoms. The van der Waals surface area contributed by atoms with Gasteiger partial charge in [0.15, 0.2) is 0 Å². The summed E-state index contributed by atoms with van der Waals surface area (Å²) in [4.78, 5) is 33.0. The lowest BCUT2D eigenvalue weighted by molar-refractivity contribution is -0.150. The van der Waals surface area contributed by atoms with E-state index in [-0.39, 0.29) is 31.0 Å². The summed E-state index contributed by atoms with van der Waals surface area (Å²) in [5, 5.41) is 12.0. The van der Waals surface area contributed by atoms with Gasteiger partial charge in [0.25, 0.3) is 0 Å². The molecule has 0 fully saturated rings. The summed E-state index contributed by atoms with van der Waals surface area (Å²) >= 11 is 1.22. The fourth-order valence-electron chi connectivity index (χ4n) is 1.92. The number of hydrogen-bond acceptors (Lipinski definition) is 8. The normalized spacial score (nSPS) is 12.4. The molecule has 0 radical (unpaired) electrons. The molecule has 0 atom stereocenters. The Morgan fingerprint density at radius 2 is 2.04 bits per heavy atom. The number of nitrogens with two attached hydrogens (primary N) is 1. The monoisotopic (exact) mass is 396 g/mol. The molecule has 1 rings (SSSR count). The molecule has 1 aromatic rings. The van der Waals surface area contributed by atoms with E-state index < -0.39 is 5.41 Å². The number of thioether (sulfide) groups is 1. The van der Waals surface area contributed by atoms with Gasteiger partial charge in [0.2, 0.25) is 5.91 Å². The van der Waals surface area contributed by atoms with Crippen LogP contribution in [0.2, 0.25) is 0 Å². The third-order valence-corrected chi connectivity index (χ3v) is 4.69. The van der Waals surface area contributed by atoms with E-state index in [0.29, 0.717) is 34.1 Å². The maximum atomic E-state index is 12.4. The van der Waals surface area contributed by atoms with E-state index in [4.69, 9.17) is 10.5 Å². The van der Waals surface area contributed by atoms with Gasteiger partial charge in [-0.05, 0) is 39.5 Å². The van der Waals surface area contributed by atoms with Crippen LogP contribution in [0.25, 0.3) is 0 Å². The van der Waals surface area contributed by atoms with E-state index >= 15 is 0 Å². The van der Waals surface area contributed by atoms with Crippen LogP contribution in [-0.2, 0) is 20.9 Å². The number of nitrogen functional groups attached to an aromatic ring is 1. The molecule has 0 saturated carbocycles. The van der Waals surface area contributed by atoms with Crippen LogP contribution in [0.4, 0.5) is 5.82 Å². The second-order valence-corrected chi connectivity index (χ2v) is 7.99. The van der Waals surface area contributed by atoms with Crippen molar-refractivity contribution in [3.05, 3.63) is 28.1 Å². The molecule has 1 amide bonds. The van der Waals surface area contributed by atoms with E-state index in [9.17, 15) is 14.7 Å². The molecule has 150 valence electrons. The van der Waals surface area contributed by atoms with Gasteiger partial charge in [-0.2, -0.15) is 0 Å². The van der Waals surface area contributed by atoms with Crippen molar-refractivity contribution in [2.75, 3.05) is 18.3 Å². The minimum absolute atomic E-state index is 0.0782. The lowest BCUT2D eigenvalue weighted by Crippen LogP contribution is -2.25. The maximum Gasteiger partial charge on any atom is 0.312 e. The van der Waals surface area contributed by atoms with Gasteiger partial charge in [-0.15, -0.1) is 0 Å². The molecule has 0 aliphatic carbocycles. The number of anilines is 1. The molecule has 0 bridgehead atoms. The van der Waals surface area contributed by atoms with E-state index in [0.717, 1.165) is 0 Å². The Morgan fingerprint density at radius 3 is 2.59 bits per heavy atom. The maximum absolute atomic E-state index is 12.4. The average molecular weight is 397 g/mol. The summed E-state index contributed by atoms with van der Waals surface area (Å²) < 4.78 is 5.21. The first kappa shape index (κ1) is 22.9. The molecule has 1 aromatic heterocycles. The van der Waals surface area contributed by atoms with E-state index in [1.165, 1.54) is 11.8 Å². The van der Waals surface area contributed by atoms with Crippen molar-refractivity contribution >= 4 is 29.5 Å². The summed E-state index contributed by atoms with van der Waals surface area (Å²) in [6.07, 6.45) is 1.87. The van der Waals surface area contributed by atoms with Crippen LogP contribution in [0.5, 0.6) is 0 Å². The Hall–Kier alpha value is -2.13. The third kappa shape index (κ3) is 7.56. The zero-order valence-electron chi connectivity index (χ0n) is 16.5. The van der Waals surface area contributed by atoms with Crippen LogP contribution in [0.15, 0.2) is 16.7 Å². The number of aliphatic hydroxyl groups is 1. The number of aryl methyl sites for hydroxylation is 1. The molecular formula is C18H28N4O4S. The number of aliphatic hydroxyl groups excluding tert-OH is 1. The summed E-state index contributed by atoms with van der Waals surface area (Å²) in [5.74, 6) is 0.339. The number of ether oxygens (including phenoxy) is 1. The van der Waals surface area contributed by atoms with Crippen molar-refractivity contribution in [3.8, 4) is 0 Å². The number of rotatable bonds is 8. The fourth-order valence-corrected chi connectivity index (χ4v) is 2.78. The molecule has 0 aromatic carbocycles. The Morgan fingerprint density at radius 1 is 1.37 bits per heavy atom. The number of hydrogen-bond donors (Lipinski definition) is 3. The van der Waals surface area contributed by atoms with E-state index in [1.807, 2.05) is 0 Å². The molecular weight excluding hydrogens is 368 g/mol. The van der Waals surface area contributed by atoms with Crippen molar-refractivity contribution in [2.24, 2.45) is 5.41 Å². The number of nitrogens with zero attached hydrogens (tertiary/aromatic N) is 2. The number of esters is 1. The molecule has 9 heteroatoms. The van der Waals surface area contributed by atoms with Gasteiger partial charge >= 0.3 is 5.97 Å². The Labute approximate surface area is 164 Å². The zero-order valence-corrected chi connectivity index (χ0v) is 17.3. The summed E-state index contributed by atoms with van der Waals surface area (Å²) in [6.45, 7) is 8.78. The number of carbonyl (C=O) groups is 2. The quantitative estimate of drug-likeness (QED) is 0.345. The first-order chi connectivity index (χ1) is 12.6. The predicted molar refractivity (Wildman–Crippen MR) is 105 cm³/mol. The Kier molecular flexibility index (Phi) is 8.71. The van der Waals surface area contributed by atoms with E-state index in [2.05, 4.69) is 15.3 Å². The fraction of sp³-hybridized carbons (Fsp3) is 0.556. The number of carbonyl (C=O) groups excluding carboxylic acids is 2. The Balaban J connectivity index is 2.71. The van der Waals surface area contributed by atoms with Crippen LogP contribution in [0.3, 0.4) is 0 Å². The second-order valence-electron chi connectivity index (χ2n) is 6.98. The summed E-state index contributed by atoms with van der Waals surface area (Å²) in [7, 11) is 0. The number of aromatic nitrogens is 2. The molecule has 0 aliphatic rings. The summed E-state index contributed by atoms with van der Waals surface area (Å²) in [6, 6.07) is 0. The topological polar surface area (TPSA) is 127 Å². The van der Waals surface area contributed by atoms with Crippen molar-refractivity contribution < 1.29 is 19.4 Å². The van der Waals surface area contributed by atoms with Crippen molar-refractivity contribution in [2.45, 2.75) is 47.6 Å². The first-order valence-electron chi connectivity index (χ1n) is 8.53. The summed E-state index contributed by atoms with van der Waals surface area (Å²) in [5.41, 5.74) is 6.30. The molecule has 0 spiro atoms. The zero-order chi connectivity index (χ0) is 20.6. The van der Waals surface area contributed by atoms with Crippen LogP contribution in [-0.4, -0.2) is 39.5 Å². The predicted octanol–water partition coefficient (Wildman–Crippen LogP) is 1.92. The standard InChI is InChI=1S/C18H28N4O4S/c1-11(14(6-7-23)27-10-26-17(25)18(3,4)5)16(24)21-9-13-8-20-12(2)22-15(13)19/h8,23H,6-7,9-10H2,1-5H3,(H,21,24)(H2,19,20,22)/b14-11-. The van der Waals surface area contributed by atoms with Gasteiger partial charge in [-0.25, -0.2) is 9.97 Å². The van der Waals surface area contributed by atoms with Crippen LogP contribution >= 0.6 is 11.8 Å².